The Morgan fingerprint density at radius 2 is 1.16 bits per heavy atom. The second kappa shape index (κ2) is 14.3. The summed E-state index contributed by atoms with van der Waals surface area (Å²) >= 11 is 1.70. The van der Waals surface area contributed by atoms with Gasteiger partial charge in [-0.3, -0.25) is 0 Å². The van der Waals surface area contributed by atoms with E-state index in [1.54, 1.807) is 38.1 Å². The minimum absolute atomic E-state index is 0.355. The summed E-state index contributed by atoms with van der Waals surface area (Å²) in [5, 5.41) is 8.83. The van der Waals surface area contributed by atoms with E-state index in [4.69, 9.17) is 19.3 Å². The maximum Gasteiger partial charge on any atom is 0.341 e. The first-order valence-corrected chi connectivity index (χ1v) is 14.8. The molecule has 0 atom stereocenters. The van der Waals surface area contributed by atoms with Crippen molar-refractivity contribution in [2.75, 3.05) is 26.6 Å². The molecule has 1 N–H and O–H groups in total. The normalized spacial score (nSPS) is 10.6. The Kier molecular flexibility index (Phi) is 9.82. The van der Waals surface area contributed by atoms with Crippen LogP contribution in [0.25, 0.3) is 27.8 Å². The van der Waals surface area contributed by atoms with Crippen molar-refractivity contribution in [3.05, 3.63) is 139 Å². The van der Waals surface area contributed by atoms with Crippen molar-refractivity contribution in [3.8, 4) is 39.5 Å². The highest BCUT2D eigenvalue weighted by Gasteiger charge is 2.09. The molecule has 0 radical (unpaired) electrons. The maximum atomic E-state index is 10.8. The van der Waals surface area contributed by atoms with Crippen molar-refractivity contribution in [2.45, 2.75) is 4.90 Å². The van der Waals surface area contributed by atoms with E-state index in [0.717, 1.165) is 61.1 Å². The van der Waals surface area contributed by atoms with Gasteiger partial charge in [0.05, 0.1) is 14.2 Å². The molecular formula is C37H32O5S. The standard InChI is InChI=1S/C37H32O5S/c1-40-33-7-3-5-30(23-33)26-9-13-28(14-10-26)36(21-22-43-35-19-17-32(18-20-35)42-25-37(38)39)29-15-11-27(12-16-29)31-6-4-8-34(24-31)41-2/h3-21,23-24H,22,25H2,1-2H3,(H,38,39). The van der Waals surface area contributed by atoms with Crippen molar-refractivity contribution >= 4 is 23.3 Å². The Balaban J connectivity index is 1.40. The zero-order valence-corrected chi connectivity index (χ0v) is 24.8. The number of rotatable bonds is 12. The van der Waals surface area contributed by atoms with Crippen molar-refractivity contribution < 1.29 is 24.1 Å². The Labute approximate surface area is 256 Å². The van der Waals surface area contributed by atoms with E-state index in [2.05, 4.69) is 66.7 Å². The van der Waals surface area contributed by atoms with Crippen LogP contribution in [0.5, 0.6) is 17.2 Å². The Bertz CT molecular complexity index is 1600. The second-order valence-corrected chi connectivity index (χ2v) is 10.8. The van der Waals surface area contributed by atoms with E-state index in [9.17, 15) is 4.79 Å². The van der Waals surface area contributed by atoms with Gasteiger partial charge in [-0.2, -0.15) is 0 Å². The highest BCUT2D eigenvalue weighted by molar-refractivity contribution is 7.99. The molecule has 0 bridgehead atoms. The third-order valence-corrected chi connectivity index (χ3v) is 7.86. The molecule has 0 aliphatic heterocycles. The number of benzene rings is 5. The molecular weight excluding hydrogens is 556 g/mol. The van der Waals surface area contributed by atoms with Gasteiger partial charge in [-0.15, -0.1) is 11.8 Å². The number of thioether (sulfide) groups is 1. The molecule has 5 nitrogen and oxygen atoms in total. The summed E-state index contributed by atoms with van der Waals surface area (Å²) in [5.74, 6) is 1.95. The number of carbonyl (C=O) groups is 1. The van der Waals surface area contributed by atoms with E-state index < -0.39 is 5.97 Å². The lowest BCUT2D eigenvalue weighted by Crippen LogP contribution is -2.09. The second-order valence-electron chi connectivity index (χ2n) is 9.70. The van der Waals surface area contributed by atoms with Gasteiger partial charge in [0, 0.05) is 10.6 Å². The zero-order valence-electron chi connectivity index (χ0n) is 24.0. The molecule has 0 amide bonds. The minimum Gasteiger partial charge on any atom is -0.497 e. The van der Waals surface area contributed by atoms with Gasteiger partial charge in [0.25, 0.3) is 0 Å². The molecule has 0 aliphatic carbocycles. The van der Waals surface area contributed by atoms with Crippen LogP contribution in [0.4, 0.5) is 0 Å². The molecule has 0 heterocycles. The van der Waals surface area contributed by atoms with Gasteiger partial charge in [-0.05, 0) is 87.5 Å². The monoisotopic (exact) mass is 588 g/mol. The highest BCUT2D eigenvalue weighted by atomic mass is 32.2. The van der Waals surface area contributed by atoms with Crippen LogP contribution < -0.4 is 14.2 Å². The quantitative estimate of drug-likeness (QED) is 0.147. The average molecular weight is 589 g/mol. The van der Waals surface area contributed by atoms with E-state index in [0.29, 0.717) is 5.75 Å². The summed E-state index contributed by atoms with van der Waals surface area (Å²) in [6.45, 7) is -0.355. The topological polar surface area (TPSA) is 65.0 Å². The molecule has 5 rings (SSSR count). The van der Waals surface area contributed by atoms with E-state index >= 15 is 0 Å². The first-order valence-electron chi connectivity index (χ1n) is 13.8. The molecule has 43 heavy (non-hydrogen) atoms. The van der Waals surface area contributed by atoms with E-state index in [-0.39, 0.29) is 6.61 Å². The lowest BCUT2D eigenvalue weighted by Gasteiger charge is -2.12. The summed E-state index contributed by atoms with van der Waals surface area (Å²) in [6, 6.07) is 40.8. The number of carboxylic acids is 1. The van der Waals surface area contributed by atoms with Crippen molar-refractivity contribution in [3.63, 3.8) is 0 Å². The highest BCUT2D eigenvalue weighted by Crippen LogP contribution is 2.32. The van der Waals surface area contributed by atoms with Gasteiger partial charge >= 0.3 is 5.97 Å². The van der Waals surface area contributed by atoms with Crippen molar-refractivity contribution in [1.82, 2.24) is 0 Å². The number of hydrogen-bond donors (Lipinski definition) is 1. The van der Waals surface area contributed by atoms with Crippen LogP contribution in [0.1, 0.15) is 11.1 Å². The van der Waals surface area contributed by atoms with Crippen LogP contribution in [-0.4, -0.2) is 37.7 Å². The molecule has 6 heteroatoms. The van der Waals surface area contributed by atoms with Crippen LogP contribution >= 0.6 is 11.8 Å². The van der Waals surface area contributed by atoms with Gasteiger partial charge in [0.2, 0.25) is 0 Å². The predicted octanol–water partition coefficient (Wildman–Crippen LogP) is 8.73. The molecule has 0 fully saturated rings. The van der Waals surface area contributed by atoms with Gasteiger partial charge in [0.15, 0.2) is 6.61 Å². The van der Waals surface area contributed by atoms with Crippen molar-refractivity contribution in [1.29, 1.82) is 0 Å². The van der Waals surface area contributed by atoms with Crippen LogP contribution in [-0.2, 0) is 4.79 Å². The maximum absolute atomic E-state index is 10.8. The lowest BCUT2D eigenvalue weighted by atomic mass is 9.94. The van der Waals surface area contributed by atoms with Crippen molar-refractivity contribution in [2.24, 2.45) is 0 Å². The smallest absolute Gasteiger partial charge is 0.341 e. The van der Waals surface area contributed by atoms with E-state index in [1.165, 1.54) is 0 Å². The minimum atomic E-state index is -0.996. The summed E-state index contributed by atoms with van der Waals surface area (Å²) in [6.07, 6.45) is 2.25. The third kappa shape index (κ3) is 7.87. The molecule has 5 aromatic rings. The number of ether oxygens (including phenoxy) is 3. The number of aliphatic carboxylic acids is 1. The van der Waals surface area contributed by atoms with E-state index in [1.807, 2.05) is 48.5 Å². The zero-order chi connectivity index (χ0) is 30.0. The van der Waals surface area contributed by atoms with Gasteiger partial charge in [0.1, 0.15) is 17.2 Å². The summed E-state index contributed by atoms with van der Waals surface area (Å²) in [4.78, 5) is 11.8. The molecule has 216 valence electrons. The summed E-state index contributed by atoms with van der Waals surface area (Å²) in [7, 11) is 3.36. The first-order chi connectivity index (χ1) is 21.0. The Hall–Kier alpha value is -4.94. The van der Waals surface area contributed by atoms with Crippen LogP contribution in [0, 0.1) is 0 Å². The fourth-order valence-electron chi connectivity index (χ4n) is 4.69. The summed E-state index contributed by atoms with van der Waals surface area (Å²) < 4.78 is 16.1. The fourth-order valence-corrected chi connectivity index (χ4v) is 5.46. The van der Waals surface area contributed by atoms with Crippen LogP contribution in [0.3, 0.4) is 0 Å². The molecule has 0 saturated heterocycles. The summed E-state index contributed by atoms with van der Waals surface area (Å²) in [5.41, 5.74) is 7.83. The first kappa shape index (κ1) is 29.5. The average Bonchev–Trinajstić information content (AvgIpc) is 3.06. The largest absolute Gasteiger partial charge is 0.497 e. The molecule has 5 aromatic carbocycles. The van der Waals surface area contributed by atoms with Crippen LogP contribution in [0.15, 0.2) is 132 Å². The molecule has 0 aliphatic rings. The number of hydrogen-bond acceptors (Lipinski definition) is 5. The van der Waals surface area contributed by atoms with Crippen LogP contribution in [0.2, 0.25) is 0 Å². The Morgan fingerprint density at radius 1 is 0.651 bits per heavy atom. The van der Waals surface area contributed by atoms with Gasteiger partial charge < -0.3 is 19.3 Å². The molecule has 0 unspecified atom stereocenters. The fraction of sp³-hybridized carbons (Fsp3) is 0.108. The third-order valence-electron chi connectivity index (χ3n) is 6.92. The molecule has 0 saturated carbocycles. The molecule has 0 spiro atoms. The SMILES string of the molecule is COc1cccc(-c2ccc(C(=CCSc3ccc(OCC(=O)O)cc3)c3ccc(-c4cccc(OC)c4)cc3)cc2)c1. The van der Waals surface area contributed by atoms with Gasteiger partial charge in [-0.25, -0.2) is 4.79 Å². The van der Waals surface area contributed by atoms with Gasteiger partial charge in [-0.1, -0.05) is 78.9 Å². The predicted molar refractivity (Wildman–Crippen MR) is 174 cm³/mol. The Morgan fingerprint density at radius 3 is 1.63 bits per heavy atom. The number of methoxy groups -OCH3 is 2. The molecule has 0 aromatic heterocycles. The lowest BCUT2D eigenvalue weighted by molar-refractivity contribution is -0.139. The number of carboxylic acid groups (broad SMARTS) is 1.